The van der Waals surface area contributed by atoms with Crippen LogP contribution in [-0.4, -0.2) is 23.5 Å². The van der Waals surface area contributed by atoms with E-state index in [1.54, 1.807) is 11.3 Å². The van der Waals surface area contributed by atoms with Crippen LogP contribution in [0.3, 0.4) is 0 Å². The van der Waals surface area contributed by atoms with Gasteiger partial charge in [0.15, 0.2) is 5.76 Å². The summed E-state index contributed by atoms with van der Waals surface area (Å²) in [5.74, 6) is 1.86. The molecule has 1 aromatic carbocycles. The molecule has 0 bridgehead atoms. The molecule has 0 radical (unpaired) electrons. The summed E-state index contributed by atoms with van der Waals surface area (Å²) < 4.78 is 12.0. The van der Waals surface area contributed by atoms with Crippen molar-refractivity contribution < 1.29 is 14.3 Å². The largest absolute Gasteiger partial charge is 0.478 e. The number of hydrogen-bond acceptors (Lipinski definition) is 5. The molecule has 0 saturated carbocycles. The molecule has 0 aliphatic carbocycles. The van der Waals surface area contributed by atoms with Gasteiger partial charge in [-0.2, -0.15) is 0 Å². The zero-order chi connectivity index (χ0) is 17.7. The number of hydrogen-bond donors (Lipinski definition) is 0. The van der Waals surface area contributed by atoms with Crippen molar-refractivity contribution in [2.75, 3.05) is 6.73 Å². The van der Waals surface area contributed by atoms with Gasteiger partial charge < -0.3 is 9.47 Å². The Morgan fingerprint density at radius 3 is 2.76 bits per heavy atom. The molecular formula is C20H21NO3S. The molecule has 4 nitrogen and oxygen atoms in total. The predicted octanol–water partition coefficient (Wildman–Crippen LogP) is 4.54. The zero-order valence-electron chi connectivity index (χ0n) is 14.9. The van der Waals surface area contributed by atoms with Gasteiger partial charge in [0.05, 0.1) is 11.1 Å². The van der Waals surface area contributed by atoms with Gasteiger partial charge >= 0.3 is 0 Å². The van der Waals surface area contributed by atoms with Crippen molar-refractivity contribution in [1.82, 2.24) is 4.90 Å². The number of rotatable bonds is 2. The summed E-state index contributed by atoms with van der Waals surface area (Å²) in [6, 6.07) is 4.38. The number of fused-ring (bicyclic) bond motifs is 3. The Bertz CT molecular complexity index is 895. The van der Waals surface area contributed by atoms with Gasteiger partial charge in [-0.3, -0.25) is 9.69 Å². The number of carbonyl (C=O) groups excluding carboxylic acids is 1. The molecule has 0 N–H and O–H groups in total. The number of Topliss-reactive ketones (excluding diaryl/α,β-unsaturated/α-hetero) is 1. The molecule has 2 aliphatic rings. The third-order valence-electron chi connectivity index (χ3n) is 4.84. The molecule has 130 valence electrons. The molecule has 25 heavy (non-hydrogen) atoms. The number of allylic oxidation sites excluding steroid dienone is 1. The van der Waals surface area contributed by atoms with Gasteiger partial charge in [-0.1, -0.05) is 0 Å². The molecule has 2 aliphatic heterocycles. The van der Waals surface area contributed by atoms with Crippen LogP contribution in [0.25, 0.3) is 6.08 Å². The highest BCUT2D eigenvalue weighted by Gasteiger charge is 2.35. The smallest absolute Gasteiger partial charge is 0.232 e. The van der Waals surface area contributed by atoms with Gasteiger partial charge in [0.25, 0.3) is 0 Å². The Balaban J connectivity index is 1.78. The van der Waals surface area contributed by atoms with Crippen molar-refractivity contribution in [3.05, 3.63) is 50.4 Å². The van der Waals surface area contributed by atoms with Crippen LogP contribution < -0.4 is 9.47 Å². The van der Waals surface area contributed by atoms with Crippen LogP contribution in [0.1, 0.15) is 45.8 Å². The lowest BCUT2D eigenvalue weighted by Crippen LogP contribution is -2.37. The molecule has 5 heteroatoms. The first kappa shape index (κ1) is 16.4. The first-order valence-corrected chi connectivity index (χ1v) is 9.35. The maximum atomic E-state index is 12.9. The lowest BCUT2D eigenvalue weighted by molar-refractivity contribution is 0.0673. The topological polar surface area (TPSA) is 38.8 Å². The minimum Gasteiger partial charge on any atom is -0.478 e. The Hall–Kier alpha value is -2.11. The van der Waals surface area contributed by atoms with Crippen molar-refractivity contribution in [2.45, 2.75) is 40.3 Å². The number of carbonyl (C=O) groups is 1. The van der Waals surface area contributed by atoms with Crippen LogP contribution in [0.15, 0.2) is 23.3 Å². The highest BCUT2D eigenvalue weighted by Crippen LogP contribution is 2.44. The van der Waals surface area contributed by atoms with Crippen molar-refractivity contribution >= 4 is 23.2 Å². The SMILES string of the molecule is Cc1ccsc1/C=C1\Oc2c3c(cc(C)c2C1=O)OCN(C(C)C)C3. The van der Waals surface area contributed by atoms with Crippen molar-refractivity contribution in [1.29, 1.82) is 0 Å². The lowest BCUT2D eigenvalue weighted by atomic mass is 9.98. The summed E-state index contributed by atoms with van der Waals surface area (Å²) in [6.45, 7) is 9.55. The van der Waals surface area contributed by atoms with E-state index in [2.05, 4.69) is 18.7 Å². The van der Waals surface area contributed by atoms with Gasteiger partial charge in [-0.15, -0.1) is 11.3 Å². The monoisotopic (exact) mass is 355 g/mol. The van der Waals surface area contributed by atoms with E-state index in [1.165, 1.54) is 0 Å². The minimum absolute atomic E-state index is 0.0372. The van der Waals surface area contributed by atoms with Crippen LogP contribution in [0, 0.1) is 13.8 Å². The van der Waals surface area contributed by atoms with E-state index in [-0.39, 0.29) is 5.78 Å². The fourth-order valence-electron chi connectivity index (χ4n) is 3.23. The van der Waals surface area contributed by atoms with Crippen molar-refractivity contribution in [2.24, 2.45) is 0 Å². The summed E-state index contributed by atoms with van der Waals surface area (Å²) in [4.78, 5) is 16.2. The van der Waals surface area contributed by atoms with Gasteiger partial charge in [0.1, 0.15) is 18.2 Å². The van der Waals surface area contributed by atoms with Gasteiger partial charge in [-0.05, 0) is 56.3 Å². The van der Waals surface area contributed by atoms with Crippen molar-refractivity contribution in [3.63, 3.8) is 0 Å². The third-order valence-corrected chi connectivity index (χ3v) is 5.81. The van der Waals surface area contributed by atoms with Gasteiger partial charge in [0, 0.05) is 23.5 Å². The first-order chi connectivity index (χ1) is 12.0. The van der Waals surface area contributed by atoms with Crippen LogP contribution >= 0.6 is 11.3 Å². The van der Waals surface area contributed by atoms with E-state index in [1.807, 2.05) is 37.4 Å². The molecule has 2 aromatic rings. The summed E-state index contributed by atoms with van der Waals surface area (Å²) >= 11 is 1.61. The zero-order valence-corrected chi connectivity index (χ0v) is 15.7. The number of ketones is 1. The lowest BCUT2D eigenvalue weighted by Gasteiger charge is -2.32. The number of benzene rings is 1. The van der Waals surface area contributed by atoms with Crippen molar-refractivity contribution in [3.8, 4) is 11.5 Å². The van der Waals surface area contributed by atoms with Crippen LogP contribution in [0.4, 0.5) is 0 Å². The molecule has 0 atom stereocenters. The van der Waals surface area contributed by atoms with Crippen LogP contribution in [-0.2, 0) is 6.54 Å². The highest BCUT2D eigenvalue weighted by molar-refractivity contribution is 7.11. The normalized spacial score (nSPS) is 18.3. The fraction of sp³-hybridized carbons (Fsp3) is 0.350. The second-order valence-corrected chi connectivity index (χ2v) is 7.84. The Morgan fingerprint density at radius 2 is 2.08 bits per heavy atom. The fourth-order valence-corrected chi connectivity index (χ4v) is 4.08. The average Bonchev–Trinajstić information content (AvgIpc) is 3.12. The third kappa shape index (κ3) is 2.68. The summed E-state index contributed by atoms with van der Waals surface area (Å²) in [6.07, 6.45) is 1.86. The first-order valence-electron chi connectivity index (χ1n) is 8.47. The van der Waals surface area contributed by atoms with E-state index < -0.39 is 0 Å². The maximum Gasteiger partial charge on any atom is 0.232 e. The predicted molar refractivity (Wildman–Crippen MR) is 99.3 cm³/mol. The molecule has 0 spiro atoms. The molecule has 4 rings (SSSR count). The summed E-state index contributed by atoms with van der Waals surface area (Å²) in [5, 5.41) is 2.02. The second kappa shape index (κ2) is 6.00. The highest BCUT2D eigenvalue weighted by atomic mass is 32.1. The molecule has 0 amide bonds. The standard InChI is InChI=1S/C20H21NO3S/c1-11(2)21-9-14-15(23-10-21)7-13(4)18-19(22)16(24-20(14)18)8-17-12(3)5-6-25-17/h5-8,11H,9-10H2,1-4H3/b16-8-. The van der Waals surface area contributed by atoms with E-state index >= 15 is 0 Å². The van der Waals surface area contributed by atoms with Crippen LogP contribution in [0.2, 0.25) is 0 Å². The molecule has 0 fully saturated rings. The average molecular weight is 355 g/mol. The Kier molecular flexibility index (Phi) is 3.93. The van der Waals surface area contributed by atoms with E-state index in [4.69, 9.17) is 9.47 Å². The second-order valence-electron chi connectivity index (χ2n) is 6.90. The van der Waals surface area contributed by atoms with E-state index in [0.717, 1.165) is 33.9 Å². The molecule has 0 unspecified atom stereocenters. The molecular weight excluding hydrogens is 334 g/mol. The number of ether oxygens (including phenoxy) is 2. The molecule has 3 heterocycles. The Morgan fingerprint density at radius 1 is 1.28 bits per heavy atom. The minimum atomic E-state index is -0.0372. The summed E-state index contributed by atoms with van der Waals surface area (Å²) in [7, 11) is 0. The number of nitrogens with zero attached hydrogens (tertiary/aromatic N) is 1. The number of aryl methyl sites for hydroxylation is 2. The maximum absolute atomic E-state index is 12.9. The van der Waals surface area contributed by atoms with E-state index in [0.29, 0.717) is 29.8 Å². The van der Waals surface area contributed by atoms with Crippen LogP contribution in [0.5, 0.6) is 11.5 Å². The molecule has 0 saturated heterocycles. The van der Waals surface area contributed by atoms with E-state index in [9.17, 15) is 4.79 Å². The van der Waals surface area contributed by atoms with Gasteiger partial charge in [-0.25, -0.2) is 0 Å². The Labute approximate surface area is 151 Å². The molecule has 1 aromatic heterocycles. The quantitative estimate of drug-likeness (QED) is 0.741. The number of thiophene rings is 1. The summed E-state index contributed by atoms with van der Waals surface area (Å²) in [5.41, 5.74) is 3.70. The van der Waals surface area contributed by atoms with Gasteiger partial charge in [0.2, 0.25) is 5.78 Å².